The fourth-order valence-electron chi connectivity index (χ4n) is 2.57. The molecule has 0 aliphatic carbocycles. The van der Waals surface area contributed by atoms with Crippen molar-refractivity contribution in [3.63, 3.8) is 0 Å². The van der Waals surface area contributed by atoms with Crippen LogP contribution in [0, 0.1) is 0 Å². The lowest BCUT2D eigenvalue weighted by Gasteiger charge is -2.15. The number of nitrogens with zero attached hydrogens (tertiary/aromatic N) is 1. The topological polar surface area (TPSA) is 107 Å². The van der Waals surface area contributed by atoms with E-state index in [4.69, 9.17) is 22.1 Å². The lowest BCUT2D eigenvalue weighted by atomic mass is 10.1. The lowest BCUT2D eigenvalue weighted by molar-refractivity contribution is -0.113. The molecule has 0 bridgehead atoms. The zero-order valence-corrected chi connectivity index (χ0v) is 16.2. The number of carbonyl (C=O) groups is 2. The molecule has 2 aromatic rings. The minimum Gasteiger partial charge on any atom is -0.507 e. The molecule has 0 saturated carbocycles. The van der Waals surface area contributed by atoms with Crippen LogP contribution in [0.25, 0.3) is 6.08 Å². The van der Waals surface area contributed by atoms with E-state index in [0.29, 0.717) is 22.8 Å². The molecule has 28 heavy (non-hydrogen) atoms. The quantitative estimate of drug-likeness (QED) is 0.500. The van der Waals surface area contributed by atoms with E-state index in [-0.39, 0.29) is 21.3 Å². The molecule has 0 unspecified atom stereocenters. The summed E-state index contributed by atoms with van der Waals surface area (Å²) < 4.78 is 5.58. The van der Waals surface area contributed by atoms with Gasteiger partial charge in [0.15, 0.2) is 15.8 Å². The maximum atomic E-state index is 12.8. The number of amides is 1. The maximum absolute atomic E-state index is 12.8. The van der Waals surface area contributed by atoms with Crippen LogP contribution in [-0.2, 0) is 4.79 Å². The van der Waals surface area contributed by atoms with Gasteiger partial charge in [0.25, 0.3) is 5.91 Å². The summed E-state index contributed by atoms with van der Waals surface area (Å²) in [5.74, 6) is -1.83. The van der Waals surface area contributed by atoms with E-state index in [1.54, 1.807) is 25.1 Å². The maximum Gasteiger partial charge on any atom is 0.339 e. The number of aromatic hydroxyl groups is 2. The highest BCUT2D eigenvalue weighted by molar-refractivity contribution is 8.27. The third-order valence-corrected chi connectivity index (χ3v) is 5.15. The van der Waals surface area contributed by atoms with Gasteiger partial charge in [-0.25, -0.2) is 4.79 Å². The highest BCUT2D eigenvalue weighted by atomic mass is 32.2. The van der Waals surface area contributed by atoms with Crippen molar-refractivity contribution in [1.29, 1.82) is 0 Å². The average molecular weight is 417 g/mol. The number of anilines is 1. The fraction of sp³-hybridized carbons (Fsp3) is 0.105. The molecule has 1 saturated heterocycles. The number of thioether (sulfide) groups is 1. The number of benzene rings is 2. The molecule has 1 heterocycles. The third-order valence-electron chi connectivity index (χ3n) is 3.84. The molecular formula is C19H15NO6S2. The molecule has 0 atom stereocenters. The molecule has 0 radical (unpaired) electrons. The Kier molecular flexibility index (Phi) is 5.57. The molecule has 3 rings (SSSR count). The van der Waals surface area contributed by atoms with E-state index in [1.165, 1.54) is 29.2 Å². The molecule has 0 spiro atoms. The molecule has 7 nitrogen and oxygen atoms in total. The van der Waals surface area contributed by atoms with Crippen LogP contribution in [0.2, 0.25) is 0 Å². The Morgan fingerprint density at radius 3 is 2.61 bits per heavy atom. The Balaban J connectivity index is 1.94. The van der Waals surface area contributed by atoms with Crippen LogP contribution in [0.15, 0.2) is 41.3 Å². The zero-order valence-electron chi connectivity index (χ0n) is 14.6. The number of ether oxygens (including phenoxy) is 1. The summed E-state index contributed by atoms with van der Waals surface area (Å²) in [6, 6.07) is 8.52. The van der Waals surface area contributed by atoms with Gasteiger partial charge in [-0.3, -0.25) is 9.69 Å². The minimum atomic E-state index is -1.31. The SMILES string of the molecule is CCOc1cc(/C=C2\SC(=S)N(c3ccc(O)c(C(=O)O)c3)C2=O)ccc1O. The van der Waals surface area contributed by atoms with Crippen LogP contribution in [0.1, 0.15) is 22.8 Å². The Hall–Kier alpha value is -3.04. The van der Waals surface area contributed by atoms with Crippen molar-refractivity contribution in [2.75, 3.05) is 11.5 Å². The molecule has 1 aliphatic heterocycles. The molecule has 3 N–H and O–H groups in total. The van der Waals surface area contributed by atoms with Gasteiger partial charge in [0, 0.05) is 0 Å². The van der Waals surface area contributed by atoms with Gasteiger partial charge < -0.3 is 20.1 Å². The van der Waals surface area contributed by atoms with Crippen molar-refractivity contribution in [2.24, 2.45) is 0 Å². The number of hydrogen-bond acceptors (Lipinski definition) is 7. The van der Waals surface area contributed by atoms with Gasteiger partial charge in [0.2, 0.25) is 0 Å². The number of phenolic OH excluding ortho intramolecular Hbond substituents is 1. The van der Waals surface area contributed by atoms with Crippen molar-refractivity contribution >= 4 is 51.9 Å². The Morgan fingerprint density at radius 1 is 1.21 bits per heavy atom. The van der Waals surface area contributed by atoms with Crippen LogP contribution in [-0.4, -0.2) is 38.1 Å². The first-order valence-electron chi connectivity index (χ1n) is 8.12. The van der Waals surface area contributed by atoms with Gasteiger partial charge >= 0.3 is 5.97 Å². The largest absolute Gasteiger partial charge is 0.507 e. The third kappa shape index (κ3) is 3.80. The average Bonchev–Trinajstić information content (AvgIpc) is 2.92. The van der Waals surface area contributed by atoms with E-state index in [9.17, 15) is 19.8 Å². The van der Waals surface area contributed by atoms with Gasteiger partial charge in [-0.05, 0) is 48.9 Å². The number of carboxylic acid groups (broad SMARTS) is 1. The standard InChI is InChI=1S/C19H15NO6S2/c1-2-26-15-7-10(3-5-14(15)22)8-16-17(23)20(19(27)28-16)11-4-6-13(21)12(9-11)18(24)25/h3-9,21-22H,2H2,1H3,(H,24,25)/b16-8-. The second-order valence-electron chi connectivity index (χ2n) is 5.68. The molecule has 1 aliphatic rings. The number of aromatic carboxylic acids is 1. The molecule has 9 heteroatoms. The van der Waals surface area contributed by atoms with Gasteiger partial charge in [0.1, 0.15) is 11.3 Å². The van der Waals surface area contributed by atoms with Crippen LogP contribution < -0.4 is 9.64 Å². The smallest absolute Gasteiger partial charge is 0.339 e. The molecule has 0 aromatic heterocycles. The van der Waals surface area contributed by atoms with Crippen LogP contribution >= 0.6 is 24.0 Å². The lowest BCUT2D eigenvalue weighted by Crippen LogP contribution is -2.27. The van der Waals surface area contributed by atoms with E-state index in [1.807, 2.05) is 0 Å². The molecule has 1 amide bonds. The Morgan fingerprint density at radius 2 is 1.93 bits per heavy atom. The van der Waals surface area contributed by atoms with E-state index >= 15 is 0 Å². The summed E-state index contributed by atoms with van der Waals surface area (Å²) in [5, 5.41) is 28.6. The predicted octanol–water partition coefficient (Wildman–Crippen LogP) is 3.60. The van der Waals surface area contributed by atoms with Gasteiger partial charge in [-0.15, -0.1) is 0 Å². The summed E-state index contributed by atoms with van der Waals surface area (Å²) in [6.45, 7) is 2.17. The van der Waals surface area contributed by atoms with Crippen molar-refractivity contribution in [3.05, 3.63) is 52.4 Å². The molecular weight excluding hydrogens is 402 g/mol. The number of hydrogen-bond donors (Lipinski definition) is 3. The number of carboxylic acids is 1. The summed E-state index contributed by atoms with van der Waals surface area (Å²) in [5.41, 5.74) is 0.566. The predicted molar refractivity (Wildman–Crippen MR) is 110 cm³/mol. The normalized spacial score (nSPS) is 15.3. The molecule has 1 fully saturated rings. The van der Waals surface area contributed by atoms with Gasteiger partial charge in [-0.1, -0.05) is 30.0 Å². The first kappa shape index (κ1) is 19.7. The van der Waals surface area contributed by atoms with Gasteiger partial charge in [-0.2, -0.15) is 0 Å². The van der Waals surface area contributed by atoms with Crippen molar-refractivity contribution in [3.8, 4) is 17.2 Å². The van der Waals surface area contributed by atoms with Crippen molar-refractivity contribution in [2.45, 2.75) is 6.92 Å². The highest BCUT2D eigenvalue weighted by Gasteiger charge is 2.34. The van der Waals surface area contributed by atoms with Crippen molar-refractivity contribution < 1.29 is 29.6 Å². The van der Waals surface area contributed by atoms with Crippen LogP contribution in [0.5, 0.6) is 17.2 Å². The zero-order chi connectivity index (χ0) is 20.4. The first-order chi connectivity index (χ1) is 13.3. The monoisotopic (exact) mass is 417 g/mol. The van der Waals surface area contributed by atoms with Crippen LogP contribution in [0.4, 0.5) is 5.69 Å². The summed E-state index contributed by atoms with van der Waals surface area (Å²) >= 11 is 6.34. The van der Waals surface area contributed by atoms with Crippen LogP contribution in [0.3, 0.4) is 0 Å². The Labute approximate surface area is 169 Å². The second kappa shape index (κ2) is 7.91. The van der Waals surface area contributed by atoms with E-state index in [0.717, 1.165) is 11.8 Å². The van der Waals surface area contributed by atoms with E-state index in [2.05, 4.69) is 0 Å². The van der Waals surface area contributed by atoms with Gasteiger partial charge in [0.05, 0.1) is 17.2 Å². The molecule has 144 valence electrons. The second-order valence-corrected chi connectivity index (χ2v) is 7.36. The number of thiocarbonyl (C=S) groups is 1. The Bertz CT molecular complexity index is 1020. The minimum absolute atomic E-state index is 0.00292. The summed E-state index contributed by atoms with van der Waals surface area (Å²) in [7, 11) is 0. The van der Waals surface area contributed by atoms with Crippen molar-refractivity contribution in [1.82, 2.24) is 0 Å². The summed E-state index contributed by atoms with van der Waals surface area (Å²) in [4.78, 5) is 25.6. The number of carbonyl (C=O) groups excluding carboxylic acids is 1. The van der Waals surface area contributed by atoms with E-state index < -0.39 is 17.6 Å². The highest BCUT2D eigenvalue weighted by Crippen LogP contribution is 2.38. The number of rotatable bonds is 5. The first-order valence-corrected chi connectivity index (χ1v) is 9.34. The fourth-order valence-corrected chi connectivity index (χ4v) is 3.87. The summed E-state index contributed by atoms with van der Waals surface area (Å²) in [6.07, 6.45) is 1.61. The molecule has 2 aromatic carbocycles. The number of phenols is 2.